The highest BCUT2D eigenvalue weighted by molar-refractivity contribution is 7.89. The predicted molar refractivity (Wildman–Crippen MR) is 96.6 cm³/mol. The van der Waals surface area contributed by atoms with Gasteiger partial charge in [-0.1, -0.05) is 44.2 Å². The third kappa shape index (κ3) is 5.80. The highest BCUT2D eigenvalue weighted by Gasteiger charge is 2.31. The van der Waals surface area contributed by atoms with Crippen LogP contribution in [-0.2, 0) is 32.3 Å². The lowest BCUT2D eigenvalue weighted by atomic mass is 10.1. The van der Waals surface area contributed by atoms with E-state index in [2.05, 4.69) is 4.72 Å². The third-order valence-electron chi connectivity index (χ3n) is 3.89. The van der Waals surface area contributed by atoms with Gasteiger partial charge in [-0.2, -0.15) is 17.9 Å². The Labute approximate surface area is 161 Å². The van der Waals surface area contributed by atoms with Gasteiger partial charge in [-0.25, -0.2) is 8.42 Å². The molecule has 1 N–H and O–H groups in total. The van der Waals surface area contributed by atoms with E-state index in [-0.39, 0.29) is 10.5 Å². The van der Waals surface area contributed by atoms with Crippen molar-refractivity contribution in [3.8, 4) is 0 Å². The van der Waals surface area contributed by atoms with Gasteiger partial charge in [0.1, 0.15) is 12.6 Å². The zero-order valence-corrected chi connectivity index (χ0v) is 16.0. The maximum atomic E-state index is 12.8. The van der Waals surface area contributed by atoms with Gasteiger partial charge in [-0.15, -0.1) is 0 Å². The van der Waals surface area contributed by atoms with Crippen molar-refractivity contribution < 1.29 is 31.1 Å². The summed E-state index contributed by atoms with van der Waals surface area (Å²) in [6, 6.07) is 10.7. The first-order chi connectivity index (χ1) is 13.0. The summed E-state index contributed by atoms with van der Waals surface area (Å²) in [5.74, 6) is -1.31. The second-order valence-electron chi connectivity index (χ2n) is 6.46. The second-order valence-corrected chi connectivity index (χ2v) is 8.18. The molecule has 0 radical (unpaired) electrons. The van der Waals surface area contributed by atoms with Gasteiger partial charge in [0.15, 0.2) is 0 Å². The lowest BCUT2D eigenvalue weighted by Crippen LogP contribution is -2.45. The molecule has 152 valence electrons. The summed E-state index contributed by atoms with van der Waals surface area (Å²) in [7, 11) is -3.96. The molecule has 0 heterocycles. The van der Waals surface area contributed by atoms with E-state index < -0.39 is 46.3 Å². The number of hydrogen-bond acceptors (Lipinski definition) is 4. The van der Waals surface area contributed by atoms with E-state index in [1.54, 1.807) is 32.0 Å². The average molecular weight is 415 g/mol. The van der Waals surface area contributed by atoms with E-state index in [0.717, 1.165) is 12.1 Å². The van der Waals surface area contributed by atoms with Crippen LogP contribution in [-0.4, -0.2) is 20.4 Å². The van der Waals surface area contributed by atoms with Gasteiger partial charge in [-0.05, 0) is 35.7 Å². The number of nitrogens with one attached hydrogen (secondary N) is 1. The molecule has 2 aromatic rings. The van der Waals surface area contributed by atoms with Crippen LogP contribution in [0.4, 0.5) is 13.2 Å². The van der Waals surface area contributed by atoms with Crippen LogP contribution in [0.15, 0.2) is 59.5 Å². The molecule has 0 saturated heterocycles. The van der Waals surface area contributed by atoms with Crippen LogP contribution in [0.25, 0.3) is 0 Å². The largest absolute Gasteiger partial charge is 0.460 e. The minimum atomic E-state index is -4.51. The molecule has 1 atom stereocenters. The first-order valence-corrected chi connectivity index (χ1v) is 9.89. The van der Waals surface area contributed by atoms with E-state index in [1.165, 1.54) is 24.3 Å². The van der Waals surface area contributed by atoms with Crippen LogP contribution in [0.3, 0.4) is 0 Å². The Hall–Kier alpha value is -2.39. The monoisotopic (exact) mass is 415 g/mol. The Morgan fingerprint density at radius 2 is 1.71 bits per heavy atom. The Morgan fingerprint density at radius 3 is 2.29 bits per heavy atom. The quantitative estimate of drug-likeness (QED) is 0.699. The summed E-state index contributed by atoms with van der Waals surface area (Å²) in [6.07, 6.45) is -4.51. The number of esters is 1. The number of carbonyl (C=O) groups is 1. The topological polar surface area (TPSA) is 72.5 Å². The van der Waals surface area contributed by atoms with Gasteiger partial charge in [-0.3, -0.25) is 4.79 Å². The molecule has 0 spiro atoms. The number of hydrogen-bond donors (Lipinski definition) is 1. The van der Waals surface area contributed by atoms with Crippen LogP contribution in [0, 0.1) is 5.92 Å². The van der Waals surface area contributed by atoms with Gasteiger partial charge in [0.05, 0.1) is 10.5 Å². The van der Waals surface area contributed by atoms with Crippen molar-refractivity contribution >= 4 is 16.0 Å². The van der Waals surface area contributed by atoms with Crippen molar-refractivity contribution in [3.05, 3.63) is 65.7 Å². The molecule has 0 fully saturated rings. The Kier molecular flexibility index (Phi) is 6.84. The van der Waals surface area contributed by atoms with Gasteiger partial charge in [0, 0.05) is 0 Å². The number of benzene rings is 2. The molecule has 0 aliphatic rings. The molecular formula is C19H20F3NO4S. The van der Waals surface area contributed by atoms with Crippen molar-refractivity contribution in [1.29, 1.82) is 0 Å². The molecule has 0 unspecified atom stereocenters. The minimum Gasteiger partial charge on any atom is -0.460 e. The number of carbonyl (C=O) groups excluding carboxylic acids is 1. The average Bonchev–Trinajstić information content (AvgIpc) is 2.64. The molecule has 5 nitrogen and oxygen atoms in total. The second kappa shape index (κ2) is 8.74. The molecule has 0 bridgehead atoms. The van der Waals surface area contributed by atoms with Gasteiger partial charge in [0.25, 0.3) is 0 Å². The Morgan fingerprint density at radius 1 is 1.07 bits per heavy atom. The molecule has 0 aliphatic carbocycles. The van der Waals surface area contributed by atoms with Crippen molar-refractivity contribution in [2.24, 2.45) is 5.92 Å². The van der Waals surface area contributed by atoms with Crippen LogP contribution >= 0.6 is 0 Å². The van der Waals surface area contributed by atoms with Crippen molar-refractivity contribution in [3.63, 3.8) is 0 Å². The van der Waals surface area contributed by atoms with Crippen LogP contribution in [0.5, 0.6) is 0 Å². The lowest BCUT2D eigenvalue weighted by molar-refractivity contribution is -0.148. The van der Waals surface area contributed by atoms with Crippen LogP contribution < -0.4 is 4.72 Å². The molecular weight excluding hydrogens is 395 g/mol. The number of sulfonamides is 1. The zero-order valence-electron chi connectivity index (χ0n) is 15.2. The van der Waals surface area contributed by atoms with E-state index in [4.69, 9.17) is 4.74 Å². The molecule has 28 heavy (non-hydrogen) atoms. The molecule has 2 rings (SSSR count). The van der Waals surface area contributed by atoms with E-state index >= 15 is 0 Å². The summed E-state index contributed by atoms with van der Waals surface area (Å²) in [5, 5.41) is 0. The lowest BCUT2D eigenvalue weighted by Gasteiger charge is -2.21. The molecule has 9 heteroatoms. The van der Waals surface area contributed by atoms with Crippen molar-refractivity contribution in [2.75, 3.05) is 0 Å². The fourth-order valence-electron chi connectivity index (χ4n) is 2.37. The van der Waals surface area contributed by atoms with E-state index in [0.29, 0.717) is 0 Å². The van der Waals surface area contributed by atoms with Crippen LogP contribution in [0.1, 0.15) is 25.0 Å². The highest BCUT2D eigenvalue weighted by Crippen LogP contribution is 2.29. The third-order valence-corrected chi connectivity index (χ3v) is 5.35. The molecule has 0 amide bonds. The van der Waals surface area contributed by atoms with Crippen molar-refractivity contribution in [2.45, 2.75) is 37.6 Å². The maximum absolute atomic E-state index is 12.8. The molecule has 2 aromatic carbocycles. The maximum Gasteiger partial charge on any atom is 0.416 e. The highest BCUT2D eigenvalue weighted by atomic mass is 32.2. The summed E-state index contributed by atoms with van der Waals surface area (Å²) in [4.78, 5) is 12.4. The summed E-state index contributed by atoms with van der Waals surface area (Å²) < 4.78 is 70.5. The fraction of sp³-hybridized carbons (Fsp3) is 0.316. The predicted octanol–water partition coefficient (Wildman–Crippen LogP) is 3.75. The van der Waals surface area contributed by atoms with Gasteiger partial charge >= 0.3 is 12.1 Å². The summed E-state index contributed by atoms with van der Waals surface area (Å²) in [5.41, 5.74) is -0.706. The Bertz CT molecular complexity index is 912. The smallest absolute Gasteiger partial charge is 0.416 e. The fourth-order valence-corrected chi connectivity index (χ4v) is 3.73. The van der Waals surface area contributed by atoms with E-state index in [1.807, 2.05) is 0 Å². The zero-order chi connectivity index (χ0) is 20.9. The number of alkyl halides is 3. The standard InChI is InChI=1S/C19H20F3NO4S/c1-13(2)17(23-28(25,26)16-9-4-3-5-10-16)18(24)27-12-14-7-6-8-15(11-14)19(20,21)22/h3-11,13,17,23H,12H2,1-2H3/t17-/m0/s1. The van der Waals surface area contributed by atoms with Crippen molar-refractivity contribution in [1.82, 2.24) is 4.72 Å². The number of halogens is 3. The first-order valence-electron chi connectivity index (χ1n) is 8.41. The van der Waals surface area contributed by atoms with Gasteiger partial charge in [0.2, 0.25) is 10.0 Å². The van der Waals surface area contributed by atoms with Crippen LogP contribution in [0.2, 0.25) is 0 Å². The summed E-state index contributed by atoms with van der Waals surface area (Å²) >= 11 is 0. The Balaban J connectivity index is 2.10. The molecule has 0 aliphatic heterocycles. The molecule has 0 aromatic heterocycles. The van der Waals surface area contributed by atoms with E-state index in [9.17, 15) is 26.4 Å². The number of rotatable bonds is 7. The minimum absolute atomic E-state index is 0.00803. The summed E-state index contributed by atoms with van der Waals surface area (Å²) in [6.45, 7) is 2.85. The number of ether oxygens (including phenoxy) is 1. The molecule has 0 saturated carbocycles. The first kappa shape index (κ1) is 21.9. The SMILES string of the molecule is CC(C)[C@H](NS(=O)(=O)c1ccccc1)C(=O)OCc1cccc(C(F)(F)F)c1. The van der Waals surface area contributed by atoms with Gasteiger partial charge < -0.3 is 4.74 Å². The normalized spacial score (nSPS) is 13.4.